The highest BCUT2D eigenvalue weighted by Gasteiger charge is 2.15. The van der Waals surface area contributed by atoms with Gasteiger partial charge in [-0.25, -0.2) is 9.67 Å². The van der Waals surface area contributed by atoms with Gasteiger partial charge in [0.15, 0.2) is 0 Å². The maximum Gasteiger partial charge on any atom is 0.306 e. The van der Waals surface area contributed by atoms with Crippen LogP contribution in [0.5, 0.6) is 0 Å². The molecule has 0 atom stereocenters. The summed E-state index contributed by atoms with van der Waals surface area (Å²) in [5.41, 5.74) is 6.15. The number of carbonyl (C=O) groups excluding carboxylic acids is 1. The summed E-state index contributed by atoms with van der Waals surface area (Å²) in [6, 6.07) is 0. The van der Waals surface area contributed by atoms with Crippen LogP contribution >= 0.6 is 0 Å². The van der Waals surface area contributed by atoms with E-state index in [0.717, 1.165) is 19.4 Å². The highest BCUT2D eigenvalue weighted by atomic mass is 16.6. The number of nitrogens with two attached hydrogens (primary N) is 1. The Kier molecular flexibility index (Phi) is 7.09. The summed E-state index contributed by atoms with van der Waals surface area (Å²) in [5.74, 6) is 0.805. The average Bonchev–Trinajstić information content (AvgIpc) is 3.15. The van der Waals surface area contributed by atoms with Crippen LogP contribution in [0.15, 0.2) is 28.8 Å². The molecule has 9 heteroatoms. The number of carbonyl (C=O) groups is 1. The summed E-state index contributed by atoms with van der Waals surface area (Å²) in [6.07, 6.45) is 7.99. The predicted molar refractivity (Wildman–Crippen MR) is 103 cm³/mol. The molecule has 0 aromatic carbocycles. The molecule has 0 fully saturated rings. The van der Waals surface area contributed by atoms with Gasteiger partial charge in [-0.15, -0.1) is 10.2 Å². The summed E-state index contributed by atoms with van der Waals surface area (Å²) in [4.78, 5) is 15.9. The molecule has 9 nitrogen and oxygen atoms in total. The molecule has 0 unspecified atom stereocenters. The molecule has 0 radical (unpaired) electrons. The van der Waals surface area contributed by atoms with Gasteiger partial charge in [0.1, 0.15) is 17.1 Å². The van der Waals surface area contributed by atoms with E-state index in [9.17, 15) is 4.79 Å². The lowest BCUT2D eigenvalue weighted by atomic mass is 10.2. The van der Waals surface area contributed by atoms with Crippen LogP contribution in [0.2, 0.25) is 0 Å². The van der Waals surface area contributed by atoms with Crippen molar-refractivity contribution in [2.45, 2.75) is 72.1 Å². The van der Waals surface area contributed by atoms with E-state index in [-0.39, 0.29) is 5.97 Å². The molecule has 27 heavy (non-hydrogen) atoms. The number of nitrogen functional groups attached to an aromatic ring is 1. The second kappa shape index (κ2) is 9.29. The zero-order valence-electron chi connectivity index (χ0n) is 16.6. The second-order valence-electron chi connectivity index (χ2n) is 7.30. The van der Waals surface area contributed by atoms with Gasteiger partial charge in [0.05, 0.1) is 6.20 Å². The molecule has 0 aliphatic rings. The van der Waals surface area contributed by atoms with Crippen LogP contribution in [0.3, 0.4) is 0 Å². The molecule has 0 saturated heterocycles. The van der Waals surface area contributed by atoms with Crippen LogP contribution in [0, 0.1) is 0 Å². The number of esters is 1. The summed E-state index contributed by atoms with van der Waals surface area (Å²) in [5, 5.41) is 12.6. The number of hydrogen-bond acceptors (Lipinski definition) is 7. The first kappa shape index (κ1) is 20.6. The summed E-state index contributed by atoms with van der Waals surface area (Å²) in [7, 11) is 0. The Bertz CT molecular complexity index is 771. The molecule has 2 rings (SSSR count). The highest BCUT2D eigenvalue weighted by molar-refractivity contribution is 5.69. The zero-order valence-corrected chi connectivity index (χ0v) is 16.6. The second-order valence-corrected chi connectivity index (χ2v) is 7.30. The van der Waals surface area contributed by atoms with E-state index in [0.29, 0.717) is 36.8 Å². The molecule has 0 amide bonds. The SMILES string of the molecule is CCCn1ccnc1N=Nc1cnn(CCCCC(=O)OC(C)(C)C)c1N. The van der Waals surface area contributed by atoms with Crippen LogP contribution < -0.4 is 5.73 Å². The highest BCUT2D eigenvalue weighted by Crippen LogP contribution is 2.24. The van der Waals surface area contributed by atoms with E-state index in [2.05, 4.69) is 27.2 Å². The van der Waals surface area contributed by atoms with Gasteiger partial charge in [0.25, 0.3) is 0 Å². The Labute approximate surface area is 159 Å². The standard InChI is InChI=1S/C18H29N7O2/c1-5-10-24-12-9-20-17(24)23-22-14-13-21-25(16(14)19)11-7-6-8-15(26)27-18(2,3)4/h9,12-13H,5-8,10-11,19H2,1-4H3. The number of azo groups is 1. The summed E-state index contributed by atoms with van der Waals surface area (Å²) in [6.45, 7) is 9.11. The topological polar surface area (TPSA) is 113 Å². The van der Waals surface area contributed by atoms with E-state index >= 15 is 0 Å². The third-order valence-electron chi connectivity index (χ3n) is 3.69. The number of aryl methyl sites for hydroxylation is 2. The minimum atomic E-state index is -0.449. The first-order valence-electron chi connectivity index (χ1n) is 9.26. The fraction of sp³-hybridized carbons (Fsp3) is 0.611. The molecule has 2 aromatic heterocycles. The van der Waals surface area contributed by atoms with Crippen LogP contribution in [0.4, 0.5) is 17.5 Å². The number of aromatic nitrogens is 4. The van der Waals surface area contributed by atoms with E-state index in [1.807, 2.05) is 31.5 Å². The molecular weight excluding hydrogens is 346 g/mol. The molecule has 2 N–H and O–H groups in total. The maximum absolute atomic E-state index is 11.7. The van der Waals surface area contributed by atoms with Crippen molar-refractivity contribution in [2.24, 2.45) is 10.2 Å². The largest absolute Gasteiger partial charge is 0.460 e. The Morgan fingerprint density at radius 1 is 1.26 bits per heavy atom. The van der Waals surface area contributed by atoms with Crippen molar-refractivity contribution in [3.63, 3.8) is 0 Å². The first-order valence-corrected chi connectivity index (χ1v) is 9.26. The number of anilines is 1. The first-order chi connectivity index (χ1) is 12.8. The van der Waals surface area contributed by atoms with E-state index in [1.165, 1.54) is 0 Å². The van der Waals surface area contributed by atoms with Gasteiger partial charge in [0, 0.05) is 31.9 Å². The fourth-order valence-corrected chi connectivity index (χ4v) is 2.48. The zero-order chi connectivity index (χ0) is 19.9. The Morgan fingerprint density at radius 3 is 2.74 bits per heavy atom. The molecule has 148 valence electrons. The van der Waals surface area contributed by atoms with Gasteiger partial charge in [-0.1, -0.05) is 6.92 Å². The number of nitrogens with zero attached hydrogens (tertiary/aromatic N) is 6. The van der Waals surface area contributed by atoms with Crippen molar-refractivity contribution in [3.8, 4) is 0 Å². The van der Waals surface area contributed by atoms with Crippen molar-refractivity contribution in [1.29, 1.82) is 0 Å². The molecule has 0 spiro atoms. The lowest BCUT2D eigenvalue weighted by Gasteiger charge is -2.19. The van der Waals surface area contributed by atoms with Crippen molar-refractivity contribution in [2.75, 3.05) is 5.73 Å². The predicted octanol–water partition coefficient (Wildman–Crippen LogP) is 4.00. The Hall–Kier alpha value is -2.71. The molecule has 0 saturated carbocycles. The van der Waals surface area contributed by atoms with E-state index in [4.69, 9.17) is 10.5 Å². The van der Waals surface area contributed by atoms with Gasteiger partial charge in [-0.05, 0) is 40.0 Å². The van der Waals surface area contributed by atoms with Crippen molar-refractivity contribution >= 4 is 23.4 Å². The monoisotopic (exact) mass is 375 g/mol. The van der Waals surface area contributed by atoms with Crippen molar-refractivity contribution in [3.05, 3.63) is 18.6 Å². The minimum absolute atomic E-state index is 0.187. The molecule has 2 aromatic rings. The third-order valence-corrected chi connectivity index (χ3v) is 3.69. The molecule has 2 heterocycles. The molecular formula is C18H29N7O2. The van der Waals surface area contributed by atoms with E-state index in [1.54, 1.807) is 17.1 Å². The van der Waals surface area contributed by atoms with Gasteiger partial charge in [-0.2, -0.15) is 5.10 Å². The number of imidazole rings is 1. The smallest absolute Gasteiger partial charge is 0.306 e. The number of hydrogen-bond donors (Lipinski definition) is 1. The average molecular weight is 375 g/mol. The van der Waals surface area contributed by atoms with Gasteiger partial charge >= 0.3 is 5.97 Å². The lowest BCUT2D eigenvalue weighted by molar-refractivity contribution is -0.154. The van der Waals surface area contributed by atoms with Gasteiger partial charge < -0.3 is 15.0 Å². The fourth-order valence-electron chi connectivity index (χ4n) is 2.48. The van der Waals surface area contributed by atoms with E-state index < -0.39 is 5.60 Å². The molecule has 0 bridgehead atoms. The normalized spacial score (nSPS) is 12.0. The number of rotatable bonds is 9. The Balaban J connectivity index is 1.85. The summed E-state index contributed by atoms with van der Waals surface area (Å²) < 4.78 is 8.89. The van der Waals surface area contributed by atoms with Gasteiger partial charge in [0.2, 0.25) is 5.95 Å². The lowest BCUT2D eigenvalue weighted by Crippen LogP contribution is -2.23. The quantitative estimate of drug-likeness (QED) is 0.404. The van der Waals surface area contributed by atoms with Crippen LogP contribution in [0.1, 0.15) is 53.4 Å². The van der Waals surface area contributed by atoms with Crippen LogP contribution in [-0.4, -0.2) is 30.9 Å². The molecule has 0 aliphatic heterocycles. The molecule has 0 aliphatic carbocycles. The number of unbranched alkanes of at least 4 members (excludes halogenated alkanes) is 1. The van der Waals surface area contributed by atoms with Crippen LogP contribution in [-0.2, 0) is 22.6 Å². The van der Waals surface area contributed by atoms with Crippen molar-refractivity contribution in [1.82, 2.24) is 19.3 Å². The third kappa shape index (κ3) is 6.50. The minimum Gasteiger partial charge on any atom is -0.460 e. The van der Waals surface area contributed by atoms with Crippen molar-refractivity contribution < 1.29 is 9.53 Å². The maximum atomic E-state index is 11.7. The summed E-state index contributed by atoms with van der Waals surface area (Å²) >= 11 is 0. The van der Waals surface area contributed by atoms with Crippen LogP contribution in [0.25, 0.3) is 0 Å². The Morgan fingerprint density at radius 2 is 2.04 bits per heavy atom. The van der Waals surface area contributed by atoms with Gasteiger partial charge in [-0.3, -0.25) is 4.79 Å². The number of ether oxygens (including phenoxy) is 1.